The number of hydrogen-bond donors (Lipinski definition) is 0. The van der Waals surface area contributed by atoms with Crippen LogP contribution in [0.5, 0.6) is 5.75 Å². The van der Waals surface area contributed by atoms with Crippen LogP contribution in [-0.4, -0.2) is 29.1 Å². The zero-order valence-corrected chi connectivity index (χ0v) is 13.5. The number of hydrogen-bond acceptors (Lipinski definition) is 3. The standard InChI is InChI=1S/C20H22N2O/c1-23-20-11-17(12-21-13-20)16-9-18-7-8-19(10-16)22(18)14-15-5-3-2-4-6-15/h2-6,9,11-13,18-19H,7-8,10,14H2,1H3. The van der Waals surface area contributed by atoms with Crippen LogP contribution in [0.4, 0.5) is 0 Å². The van der Waals surface area contributed by atoms with Crippen LogP contribution in [0.15, 0.2) is 54.9 Å². The first-order chi connectivity index (χ1) is 11.3. The minimum absolute atomic E-state index is 0.551. The van der Waals surface area contributed by atoms with Crippen molar-refractivity contribution in [1.82, 2.24) is 9.88 Å². The number of aromatic nitrogens is 1. The summed E-state index contributed by atoms with van der Waals surface area (Å²) < 4.78 is 5.31. The molecule has 2 atom stereocenters. The van der Waals surface area contributed by atoms with E-state index in [0.717, 1.165) is 18.7 Å². The molecule has 2 aliphatic rings. The summed E-state index contributed by atoms with van der Waals surface area (Å²) in [6.45, 7) is 1.05. The second kappa shape index (κ2) is 6.17. The van der Waals surface area contributed by atoms with E-state index in [1.165, 1.54) is 29.5 Å². The van der Waals surface area contributed by atoms with Gasteiger partial charge in [-0.3, -0.25) is 9.88 Å². The molecule has 0 N–H and O–H groups in total. The maximum Gasteiger partial charge on any atom is 0.137 e. The topological polar surface area (TPSA) is 25.4 Å². The largest absolute Gasteiger partial charge is 0.495 e. The third-order valence-corrected chi connectivity index (χ3v) is 5.07. The molecule has 2 aromatic rings. The molecule has 0 spiro atoms. The van der Waals surface area contributed by atoms with Gasteiger partial charge in [-0.25, -0.2) is 0 Å². The van der Waals surface area contributed by atoms with Gasteiger partial charge in [0.1, 0.15) is 5.75 Å². The molecule has 3 heterocycles. The van der Waals surface area contributed by atoms with E-state index in [9.17, 15) is 0 Å². The van der Waals surface area contributed by atoms with Gasteiger partial charge in [0.15, 0.2) is 0 Å². The van der Waals surface area contributed by atoms with Gasteiger partial charge in [0.25, 0.3) is 0 Å². The van der Waals surface area contributed by atoms with Crippen LogP contribution in [-0.2, 0) is 6.54 Å². The van der Waals surface area contributed by atoms with Gasteiger partial charge in [0.2, 0.25) is 0 Å². The maximum atomic E-state index is 5.31. The summed E-state index contributed by atoms with van der Waals surface area (Å²) in [5, 5.41) is 0. The van der Waals surface area contributed by atoms with Crippen molar-refractivity contribution in [1.29, 1.82) is 0 Å². The average Bonchev–Trinajstić information content (AvgIpc) is 2.84. The molecule has 0 amide bonds. The smallest absolute Gasteiger partial charge is 0.137 e. The Balaban J connectivity index is 1.56. The number of benzene rings is 1. The number of methoxy groups -OCH3 is 1. The summed E-state index contributed by atoms with van der Waals surface area (Å²) in [5.74, 6) is 0.836. The fourth-order valence-corrected chi connectivity index (χ4v) is 3.88. The predicted octanol–water partition coefficient (Wildman–Crippen LogP) is 3.91. The van der Waals surface area contributed by atoms with E-state index in [1.54, 1.807) is 13.3 Å². The summed E-state index contributed by atoms with van der Waals surface area (Å²) in [6.07, 6.45) is 9.83. The molecule has 0 aliphatic carbocycles. The van der Waals surface area contributed by atoms with Crippen molar-refractivity contribution in [3.63, 3.8) is 0 Å². The molecule has 1 aromatic heterocycles. The Morgan fingerprint density at radius 1 is 1.17 bits per heavy atom. The summed E-state index contributed by atoms with van der Waals surface area (Å²) in [4.78, 5) is 6.97. The normalized spacial score (nSPS) is 23.6. The Bertz CT molecular complexity index is 711. The van der Waals surface area contributed by atoms with E-state index in [0.29, 0.717) is 12.1 Å². The molecule has 2 unspecified atom stereocenters. The molecule has 4 rings (SSSR count). The summed E-state index contributed by atoms with van der Waals surface area (Å²) in [5.41, 5.74) is 4.04. The minimum atomic E-state index is 0.551. The zero-order chi connectivity index (χ0) is 15.6. The summed E-state index contributed by atoms with van der Waals surface area (Å²) in [7, 11) is 1.70. The average molecular weight is 306 g/mol. The van der Waals surface area contributed by atoms with Crippen LogP contribution in [0, 0.1) is 0 Å². The third kappa shape index (κ3) is 2.89. The Morgan fingerprint density at radius 2 is 2.04 bits per heavy atom. The summed E-state index contributed by atoms with van der Waals surface area (Å²) >= 11 is 0. The van der Waals surface area contributed by atoms with Crippen molar-refractivity contribution >= 4 is 5.57 Å². The lowest BCUT2D eigenvalue weighted by Gasteiger charge is -2.34. The SMILES string of the molecule is COc1cncc(C2=CC3CCC(C2)N3Cc2ccccc2)c1. The van der Waals surface area contributed by atoms with Crippen LogP contribution in [0.1, 0.15) is 30.4 Å². The van der Waals surface area contributed by atoms with Gasteiger partial charge >= 0.3 is 0 Å². The van der Waals surface area contributed by atoms with Crippen LogP contribution >= 0.6 is 0 Å². The molecule has 118 valence electrons. The number of rotatable bonds is 4. The van der Waals surface area contributed by atoms with Crippen LogP contribution in [0.25, 0.3) is 5.57 Å². The van der Waals surface area contributed by atoms with Gasteiger partial charge in [-0.2, -0.15) is 0 Å². The molecule has 1 aromatic carbocycles. The maximum absolute atomic E-state index is 5.31. The Labute approximate surface area is 137 Å². The lowest BCUT2D eigenvalue weighted by molar-refractivity contribution is 0.203. The quantitative estimate of drug-likeness (QED) is 0.856. The van der Waals surface area contributed by atoms with Gasteiger partial charge in [-0.1, -0.05) is 36.4 Å². The van der Waals surface area contributed by atoms with Crippen molar-refractivity contribution in [3.05, 3.63) is 66.0 Å². The predicted molar refractivity (Wildman–Crippen MR) is 92.2 cm³/mol. The van der Waals surface area contributed by atoms with E-state index >= 15 is 0 Å². The van der Waals surface area contributed by atoms with Crippen molar-refractivity contribution in [2.75, 3.05) is 7.11 Å². The first kappa shape index (κ1) is 14.5. The second-order valence-electron chi connectivity index (χ2n) is 6.47. The zero-order valence-electron chi connectivity index (χ0n) is 13.5. The minimum Gasteiger partial charge on any atom is -0.495 e. The van der Waals surface area contributed by atoms with Gasteiger partial charge in [0, 0.05) is 24.8 Å². The summed E-state index contributed by atoms with van der Waals surface area (Å²) in [6, 6.07) is 14.1. The molecule has 1 saturated heterocycles. The highest BCUT2D eigenvalue weighted by Crippen LogP contribution is 2.39. The van der Waals surface area contributed by atoms with Crippen LogP contribution in [0.3, 0.4) is 0 Å². The highest BCUT2D eigenvalue weighted by Gasteiger charge is 2.36. The van der Waals surface area contributed by atoms with Crippen LogP contribution in [0.2, 0.25) is 0 Å². The number of nitrogens with zero attached hydrogens (tertiary/aromatic N) is 2. The van der Waals surface area contributed by atoms with E-state index in [1.807, 2.05) is 6.20 Å². The van der Waals surface area contributed by atoms with Gasteiger partial charge in [-0.15, -0.1) is 0 Å². The van der Waals surface area contributed by atoms with E-state index in [4.69, 9.17) is 4.74 Å². The molecule has 0 saturated carbocycles. The van der Waals surface area contributed by atoms with Gasteiger partial charge < -0.3 is 4.74 Å². The van der Waals surface area contributed by atoms with E-state index in [-0.39, 0.29) is 0 Å². The van der Waals surface area contributed by atoms with Crippen molar-refractivity contribution in [2.45, 2.75) is 37.9 Å². The number of ether oxygens (including phenoxy) is 1. The Hall–Kier alpha value is -2.13. The Morgan fingerprint density at radius 3 is 2.83 bits per heavy atom. The van der Waals surface area contributed by atoms with E-state index < -0.39 is 0 Å². The van der Waals surface area contributed by atoms with Crippen molar-refractivity contribution in [2.24, 2.45) is 0 Å². The highest BCUT2D eigenvalue weighted by molar-refractivity contribution is 5.68. The molecule has 0 radical (unpaired) electrons. The Kier molecular flexibility index (Phi) is 3.88. The molecular formula is C20H22N2O. The van der Waals surface area contributed by atoms with Crippen LogP contribution < -0.4 is 4.74 Å². The third-order valence-electron chi connectivity index (χ3n) is 5.07. The van der Waals surface area contributed by atoms with Gasteiger partial charge in [-0.05, 0) is 42.0 Å². The molecule has 3 heteroatoms. The lowest BCUT2D eigenvalue weighted by atomic mass is 9.95. The van der Waals surface area contributed by atoms with E-state index in [2.05, 4.69) is 52.4 Å². The van der Waals surface area contributed by atoms with Gasteiger partial charge in [0.05, 0.1) is 13.3 Å². The highest BCUT2D eigenvalue weighted by atomic mass is 16.5. The molecule has 23 heavy (non-hydrogen) atoms. The fraction of sp³-hybridized carbons (Fsp3) is 0.350. The van der Waals surface area contributed by atoms with Crippen molar-refractivity contribution in [3.8, 4) is 5.75 Å². The molecule has 2 aliphatic heterocycles. The molecular weight excluding hydrogens is 284 g/mol. The monoisotopic (exact) mass is 306 g/mol. The second-order valence-corrected chi connectivity index (χ2v) is 6.47. The van der Waals surface area contributed by atoms with Crippen molar-refractivity contribution < 1.29 is 4.74 Å². The lowest BCUT2D eigenvalue weighted by Crippen LogP contribution is -2.37. The first-order valence-corrected chi connectivity index (χ1v) is 8.33. The molecule has 2 bridgehead atoms. The molecule has 1 fully saturated rings. The number of fused-ring (bicyclic) bond motifs is 2. The first-order valence-electron chi connectivity index (χ1n) is 8.33. The fourth-order valence-electron chi connectivity index (χ4n) is 3.88. The number of pyridine rings is 1. The molecule has 3 nitrogen and oxygen atoms in total.